The second-order valence-corrected chi connectivity index (χ2v) is 23.6. The van der Waals surface area contributed by atoms with E-state index >= 15 is 0 Å². The van der Waals surface area contributed by atoms with Crippen LogP contribution in [0.5, 0.6) is 11.5 Å². The van der Waals surface area contributed by atoms with Gasteiger partial charge in [-0.3, -0.25) is 14.4 Å². The second-order valence-electron chi connectivity index (χ2n) is 20.7. The monoisotopic (exact) mass is 1180 g/mol. The van der Waals surface area contributed by atoms with Crippen molar-refractivity contribution in [2.75, 3.05) is 49.4 Å². The Morgan fingerprint density at radius 2 is 1.11 bits per heavy atom. The third-order valence-electron chi connectivity index (χ3n) is 14.6. The molecule has 3 aliphatic rings. The van der Waals surface area contributed by atoms with Gasteiger partial charge in [0.1, 0.15) is 9.77 Å². The Morgan fingerprint density at radius 3 is 1.59 bits per heavy atom. The van der Waals surface area contributed by atoms with Gasteiger partial charge in [-0.15, -0.1) is 23.5 Å². The van der Waals surface area contributed by atoms with Gasteiger partial charge in [0.25, 0.3) is 0 Å². The number of aromatic nitrogens is 6. The number of nitrogens with zero attached hydrogens (tertiary/aromatic N) is 6. The molecule has 3 fully saturated rings. The minimum atomic E-state index is -4.39. The number of halogens is 8. The quantitative estimate of drug-likeness (QED) is 0.0550. The summed E-state index contributed by atoms with van der Waals surface area (Å²) >= 11 is 3.15. The summed E-state index contributed by atoms with van der Waals surface area (Å²) in [6.07, 6.45) is -2.33. The van der Waals surface area contributed by atoms with Gasteiger partial charge >= 0.3 is 12.4 Å². The summed E-state index contributed by atoms with van der Waals surface area (Å²) in [5, 5.41) is 15.1. The Labute approximate surface area is 480 Å². The predicted molar refractivity (Wildman–Crippen MR) is 303 cm³/mol. The molecule has 0 unspecified atom stereocenters. The predicted octanol–water partition coefficient (Wildman–Crippen LogP) is 14.3. The Balaban J connectivity index is 0.000000186. The molecule has 4 aromatic carbocycles. The molecule has 0 spiro atoms. The molecule has 0 radical (unpaired) electrons. The van der Waals surface area contributed by atoms with Crippen molar-refractivity contribution in [3.05, 3.63) is 154 Å². The van der Waals surface area contributed by atoms with Gasteiger partial charge in [0, 0.05) is 65.3 Å². The maximum atomic E-state index is 14.9. The number of para-hydroxylation sites is 2. The molecule has 0 amide bonds. The Morgan fingerprint density at radius 1 is 0.627 bits per heavy atom. The van der Waals surface area contributed by atoms with Gasteiger partial charge in [-0.25, -0.2) is 27.8 Å². The first-order chi connectivity index (χ1) is 39.6. The van der Waals surface area contributed by atoms with E-state index in [1.54, 1.807) is 64.6 Å². The molecule has 1 saturated heterocycles. The van der Waals surface area contributed by atoms with Crippen LogP contribution in [-0.4, -0.2) is 97.7 Å². The number of nitrogens with one attached hydrogen (secondary N) is 2. The van der Waals surface area contributed by atoms with E-state index in [9.17, 15) is 49.5 Å². The molecule has 2 saturated carbocycles. The van der Waals surface area contributed by atoms with E-state index in [1.165, 1.54) is 49.2 Å². The Kier molecular flexibility index (Phi) is 16.9. The number of carbonyl (C=O) groups is 3. The van der Waals surface area contributed by atoms with E-state index < -0.39 is 53.2 Å². The Hall–Kier alpha value is -7.53. The zero-order valence-corrected chi connectivity index (χ0v) is 47.1. The molecule has 2 aliphatic carbocycles. The smallest absolute Gasteiger partial charge is 0.390 e. The number of hydrogen-bond acceptors (Lipinski definition) is 13. The number of carbonyl (C=O) groups excluding carboxylic acids is 3. The van der Waals surface area contributed by atoms with Crippen LogP contribution in [0.1, 0.15) is 111 Å². The summed E-state index contributed by atoms with van der Waals surface area (Å²) in [5.41, 5.74) is 7.37. The van der Waals surface area contributed by atoms with Crippen LogP contribution < -0.4 is 20.1 Å². The molecule has 1 aliphatic heterocycles. The number of fused-ring (bicyclic) bond motifs is 2. The summed E-state index contributed by atoms with van der Waals surface area (Å²) in [5.74, 6) is 0.546. The molecular formula is C60H56F8N8O5S2. The van der Waals surface area contributed by atoms with Crippen LogP contribution in [0.4, 0.5) is 46.5 Å². The number of Topliss-reactive ketones (excluding diaryl/α,β-unsaturated/α-hetero) is 2. The van der Waals surface area contributed by atoms with E-state index in [2.05, 4.69) is 25.7 Å². The summed E-state index contributed by atoms with van der Waals surface area (Å²) in [7, 11) is 2.64. The summed E-state index contributed by atoms with van der Waals surface area (Å²) in [6.45, 7) is 2.92. The number of alkyl halides is 6. The Bertz CT molecular complexity index is 3780. The molecule has 8 aromatic rings. The minimum Gasteiger partial charge on any atom is -0.493 e. The fourth-order valence-electron chi connectivity index (χ4n) is 10.1. The van der Waals surface area contributed by atoms with Crippen LogP contribution in [0.3, 0.4) is 0 Å². The first-order valence-electron chi connectivity index (χ1n) is 26.8. The molecular weight excluding hydrogens is 1130 g/mol. The average Bonchev–Trinajstić information content (AvgIpc) is 2.08. The van der Waals surface area contributed by atoms with Crippen molar-refractivity contribution in [2.24, 2.45) is 11.8 Å². The number of ketones is 3. The number of methoxy groups -OCH3 is 2. The SMILES string of the molecule is COc1c(F)cccc1C(=O)c1cc(NCCC(F)(F)F)c2ncc(-c3ccc(C(=O)CC4CC4)c(C)c3)n2n1.COc1c(F)cccc1C1(c2cc(NCCC(F)(F)F)c3ncc(-c4ccc(C(=O)CC5CC5)c(C)c4)n3n2)SCCS1. The van der Waals surface area contributed by atoms with Crippen molar-refractivity contribution in [2.45, 2.75) is 81.6 Å². The molecule has 4 aromatic heterocycles. The zero-order valence-electron chi connectivity index (χ0n) is 45.4. The standard InChI is InChI=1S/C31H30F4N4O2S2.C29H26F4N4O3/c1-18-14-20(8-9-21(18)26(40)15-19-6-7-19)25-17-37-29-24(36-11-10-30(33,34)35)16-27(38-39(25)29)31(42-12-13-43-31)22-4-3-5-23(32)28(22)41-2;1-16-12-18(8-9-19(16)25(38)13-17-6-7-17)24-15-35-28-23(34-11-10-29(31,32)33)14-22(36-37(24)28)26(39)20-4-3-5-21(30)27(20)40-2/h3-5,8-9,14,16-17,19,36H,6-7,10-13,15H2,1-2H3;3-5,8-9,12,14-15,17,34H,6-7,10-11,13H2,1-2H3. The number of ether oxygens (including phenoxy) is 2. The molecule has 23 heteroatoms. The van der Waals surface area contributed by atoms with E-state index in [4.69, 9.17) is 14.6 Å². The normalized spacial score (nSPS) is 15.0. The summed E-state index contributed by atoms with van der Waals surface area (Å²) in [4.78, 5) is 47.9. The van der Waals surface area contributed by atoms with Gasteiger partial charge in [0.2, 0.25) is 5.78 Å². The number of rotatable bonds is 20. The van der Waals surface area contributed by atoms with Crippen LogP contribution >= 0.6 is 23.5 Å². The van der Waals surface area contributed by atoms with Gasteiger partial charge in [-0.1, -0.05) is 42.5 Å². The highest BCUT2D eigenvalue weighted by molar-refractivity contribution is 8.20. The first kappa shape index (κ1) is 58.7. The minimum absolute atomic E-state index is 0.0795. The molecule has 13 nitrogen and oxygen atoms in total. The molecule has 0 bridgehead atoms. The van der Waals surface area contributed by atoms with Crippen LogP contribution in [0.15, 0.2) is 97.3 Å². The lowest BCUT2D eigenvalue weighted by Gasteiger charge is -2.29. The molecule has 0 atom stereocenters. The highest BCUT2D eigenvalue weighted by Crippen LogP contribution is 2.58. The molecule has 11 rings (SSSR count). The van der Waals surface area contributed by atoms with Gasteiger partial charge < -0.3 is 20.1 Å². The second kappa shape index (κ2) is 24.0. The fourth-order valence-corrected chi connectivity index (χ4v) is 13.3. The van der Waals surface area contributed by atoms with E-state index in [-0.39, 0.29) is 52.2 Å². The number of aryl methyl sites for hydroxylation is 2. The van der Waals surface area contributed by atoms with E-state index in [0.717, 1.165) is 59.9 Å². The summed E-state index contributed by atoms with van der Waals surface area (Å²) < 4.78 is 120. The first-order valence-corrected chi connectivity index (χ1v) is 28.8. The summed E-state index contributed by atoms with van der Waals surface area (Å²) in [6, 6.07) is 22.5. The van der Waals surface area contributed by atoms with E-state index in [1.807, 2.05) is 38.1 Å². The molecule has 2 N–H and O–H groups in total. The van der Waals surface area contributed by atoms with E-state index in [0.29, 0.717) is 75.3 Å². The van der Waals surface area contributed by atoms with Crippen LogP contribution in [0, 0.1) is 37.3 Å². The number of hydrogen-bond donors (Lipinski definition) is 2. The van der Waals surface area contributed by atoms with Gasteiger partial charge in [-0.2, -0.15) is 36.5 Å². The zero-order chi connectivity index (χ0) is 59.0. The highest BCUT2D eigenvalue weighted by atomic mass is 32.2. The number of imidazole rings is 2. The van der Waals surface area contributed by atoms with Gasteiger partial charge in [-0.05, 0) is 105 Å². The van der Waals surface area contributed by atoms with Gasteiger partial charge in [0.15, 0.2) is 46.0 Å². The maximum absolute atomic E-state index is 14.9. The van der Waals surface area contributed by atoms with Crippen molar-refractivity contribution >= 4 is 63.5 Å². The largest absolute Gasteiger partial charge is 0.493 e. The third-order valence-corrected chi connectivity index (χ3v) is 18.0. The van der Waals surface area contributed by atoms with Crippen molar-refractivity contribution in [1.29, 1.82) is 0 Å². The van der Waals surface area contributed by atoms with Gasteiger partial charge in [0.05, 0.1) is 73.5 Å². The lowest BCUT2D eigenvalue weighted by molar-refractivity contribution is -0.132. The van der Waals surface area contributed by atoms with Crippen LogP contribution in [0.2, 0.25) is 0 Å². The van der Waals surface area contributed by atoms with Crippen molar-refractivity contribution in [1.82, 2.24) is 29.2 Å². The lowest BCUT2D eigenvalue weighted by Crippen LogP contribution is -2.22. The van der Waals surface area contributed by atoms with Crippen molar-refractivity contribution in [3.63, 3.8) is 0 Å². The lowest BCUT2D eigenvalue weighted by atomic mass is 9.98. The molecule has 5 heterocycles. The average molecular weight is 1190 g/mol. The fraction of sp³-hybridized carbons (Fsp3) is 0.350. The molecule has 83 heavy (non-hydrogen) atoms. The number of anilines is 2. The van der Waals surface area contributed by atoms with Crippen LogP contribution in [-0.2, 0) is 4.08 Å². The number of benzene rings is 4. The highest BCUT2D eigenvalue weighted by Gasteiger charge is 2.45. The third kappa shape index (κ3) is 13.0. The molecule has 434 valence electrons. The maximum Gasteiger partial charge on any atom is 0.390 e. The number of thioether (sulfide) groups is 2. The topological polar surface area (TPSA) is 154 Å². The van der Waals surface area contributed by atoms with Crippen LogP contribution in [0.25, 0.3) is 33.8 Å². The van der Waals surface area contributed by atoms with Crippen molar-refractivity contribution < 1.29 is 59.0 Å². The van der Waals surface area contributed by atoms with Crippen molar-refractivity contribution in [3.8, 4) is 34.0 Å².